The SMILES string of the molecule is CCOc1cccc([C@H]2CC(c3ccc(Cl)cc3)=N[C@H](c3ccc(Cl)cc3)N2)c1O. The first-order valence-corrected chi connectivity index (χ1v) is 10.6. The van der Waals surface area contributed by atoms with Crippen molar-refractivity contribution in [3.05, 3.63) is 93.5 Å². The molecule has 154 valence electrons. The third-order valence-corrected chi connectivity index (χ3v) is 5.61. The number of nitrogens with zero attached hydrogens (tertiary/aromatic N) is 1. The average Bonchev–Trinajstić information content (AvgIpc) is 2.76. The molecule has 1 heterocycles. The molecule has 0 amide bonds. The normalized spacial score (nSPS) is 18.7. The van der Waals surface area contributed by atoms with E-state index in [9.17, 15) is 5.11 Å². The van der Waals surface area contributed by atoms with Crippen LogP contribution in [0, 0.1) is 0 Å². The van der Waals surface area contributed by atoms with Crippen molar-refractivity contribution in [2.45, 2.75) is 25.6 Å². The summed E-state index contributed by atoms with van der Waals surface area (Å²) in [7, 11) is 0. The quantitative estimate of drug-likeness (QED) is 0.487. The Morgan fingerprint density at radius 2 is 1.67 bits per heavy atom. The van der Waals surface area contributed by atoms with Gasteiger partial charge in [-0.3, -0.25) is 10.3 Å². The summed E-state index contributed by atoms with van der Waals surface area (Å²) in [5.41, 5.74) is 3.72. The van der Waals surface area contributed by atoms with Crippen molar-refractivity contribution in [2.75, 3.05) is 6.61 Å². The van der Waals surface area contributed by atoms with Crippen LogP contribution in [0.15, 0.2) is 71.7 Å². The Hall–Kier alpha value is -2.53. The van der Waals surface area contributed by atoms with Crippen LogP contribution in [0.5, 0.6) is 11.5 Å². The van der Waals surface area contributed by atoms with Crippen molar-refractivity contribution in [1.82, 2.24) is 5.32 Å². The van der Waals surface area contributed by atoms with Gasteiger partial charge in [0.2, 0.25) is 0 Å². The number of nitrogens with one attached hydrogen (secondary N) is 1. The Morgan fingerprint density at radius 3 is 2.33 bits per heavy atom. The number of phenolic OH excluding ortho intramolecular Hbond substituents is 1. The van der Waals surface area contributed by atoms with Gasteiger partial charge in [0.1, 0.15) is 6.17 Å². The smallest absolute Gasteiger partial charge is 0.162 e. The minimum absolute atomic E-state index is 0.144. The molecule has 0 saturated carbocycles. The Bertz CT molecular complexity index is 1050. The van der Waals surface area contributed by atoms with E-state index in [1.54, 1.807) is 6.07 Å². The van der Waals surface area contributed by atoms with Gasteiger partial charge in [-0.25, -0.2) is 0 Å². The van der Waals surface area contributed by atoms with Gasteiger partial charge in [0.25, 0.3) is 0 Å². The second-order valence-corrected chi connectivity index (χ2v) is 7.96. The number of hydrogen-bond donors (Lipinski definition) is 2. The zero-order chi connectivity index (χ0) is 21.1. The van der Waals surface area contributed by atoms with Crippen molar-refractivity contribution in [3.8, 4) is 11.5 Å². The maximum atomic E-state index is 10.8. The van der Waals surface area contributed by atoms with Crippen molar-refractivity contribution in [2.24, 2.45) is 4.99 Å². The number of aliphatic imine (C=N–C) groups is 1. The molecular weight excluding hydrogens is 419 g/mol. The number of para-hydroxylation sites is 1. The second-order valence-electron chi connectivity index (χ2n) is 7.09. The zero-order valence-electron chi connectivity index (χ0n) is 16.5. The summed E-state index contributed by atoms with van der Waals surface area (Å²) < 4.78 is 5.58. The molecule has 0 fully saturated rings. The molecule has 3 aromatic carbocycles. The van der Waals surface area contributed by atoms with Gasteiger partial charge in [-0.2, -0.15) is 0 Å². The van der Waals surface area contributed by atoms with Gasteiger partial charge in [0, 0.05) is 33.8 Å². The van der Waals surface area contributed by atoms with Crippen LogP contribution in [-0.2, 0) is 0 Å². The number of hydrogen-bond acceptors (Lipinski definition) is 4. The van der Waals surface area contributed by atoms with E-state index < -0.39 is 0 Å². The molecule has 0 radical (unpaired) electrons. The summed E-state index contributed by atoms with van der Waals surface area (Å²) in [5, 5.41) is 15.7. The number of ether oxygens (including phenoxy) is 1. The van der Waals surface area contributed by atoms with Crippen LogP contribution >= 0.6 is 23.2 Å². The molecule has 2 atom stereocenters. The predicted octanol–water partition coefficient (Wildman–Crippen LogP) is 6.32. The van der Waals surface area contributed by atoms with Crippen molar-refractivity contribution in [3.63, 3.8) is 0 Å². The highest BCUT2D eigenvalue weighted by molar-refractivity contribution is 6.30. The second kappa shape index (κ2) is 9.09. The lowest BCUT2D eigenvalue weighted by Crippen LogP contribution is -2.33. The topological polar surface area (TPSA) is 53.8 Å². The van der Waals surface area contributed by atoms with E-state index >= 15 is 0 Å². The molecular formula is C24H22Cl2N2O2. The van der Waals surface area contributed by atoms with Gasteiger partial charge < -0.3 is 9.84 Å². The molecule has 0 unspecified atom stereocenters. The Morgan fingerprint density at radius 1 is 1.00 bits per heavy atom. The third-order valence-electron chi connectivity index (χ3n) is 5.11. The van der Waals surface area contributed by atoms with Crippen molar-refractivity contribution >= 4 is 28.9 Å². The third kappa shape index (κ3) is 4.46. The summed E-state index contributed by atoms with van der Waals surface area (Å²) >= 11 is 12.1. The van der Waals surface area contributed by atoms with Gasteiger partial charge >= 0.3 is 0 Å². The first-order valence-electron chi connectivity index (χ1n) is 9.84. The molecule has 4 rings (SSSR count). The standard InChI is InChI=1S/C24H22Cl2N2O2/c1-2-30-22-5-3-4-19(23(22)29)21-14-20(15-6-10-17(25)11-7-15)27-24(28-21)16-8-12-18(26)13-9-16/h3-13,21,24,28-29H,2,14H2,1H3/t21-,24+/m1/s1. The maximum absolute atomic E-state index is 10.8. The van der Waals surface area contributed by atoms with E-state index in [0.717, 1.165) is 22.4 Å². The Balaban J connectivity index is 1.74. The monoisotopic (exact) mass is 440 g/mol. The minimum atomic E-state index is -0.276. The minimum Gasteiger partial charge on any atom is -0.504 e. The highest BCUT2D eigenvalue weighted by atomic mass is 35.5. The highest BCUT2D eigenvalue weighted by Gasteiger charge is 2.28. The Labute approximate surface area is 186 Å². The molecule has 0 spiro atoms. The average molecular weight is 441 g/mol. The molecule has 0 bridgehead atoms. The van der Waals surface area contributed by atoms with Gasteiger partial charge in [-0.15, -0.1) is 0 Å². The molecule has 0 aliphatic carbocycles. The van der Waals surface area contributed by atoms with Crippen molar-refractivity contribution in [1.29, 1.82) is 0 Å². The number of rotatable bonds is 5. The highest BCUT2D eigenvalue weighted by Crippen LogP contribution is 2.39. The Kier molecular flexibility index (Phi) is 6.28. The number of benzene rings is 3. The number of aromatic hydroxyl groups is 1. The van der Waals surface area contributed by atoms with Crippen LogP contribution in [0.3, 0.4) is 0 Å². The maximum Gasteiger partial charge on any atom is 0.162 e. The molecule has 1 aliphatic heterocycles. The van der Waals surface area contributed by atoms with Gasteiger partial charge in [-0.1, -0.05) is 59.6 Å². The lowest BCUT2D eigenvalue weighted by molar-refractivity contribution is 0.313. The fraction of sp³-hybridized carbons (Fsp3) is 0.208. The zero-order valence-corrected chi connectivity index (χ0v) is 18.0. The fourth-order valence-corrected chi connectivity index (χ4v) is 3.88. The van der Waals surface area contributed by atoms with Crippen molar-refractivity contribution < 1.29 is 9.84 Å². The summed E-state index contributed by atoms with van der Waals surface area (Å²) in [6.45, 7) is 2.38. The lowest BCUT2D eigenvalue weighted by Gasteiger charge is -2.31. The van der Waals surface area contributed by atoms with Crippen LogP contribution < -0.4 is 10.1 Å². The van der Waals surface area contributed by atoms with E-state index in [0.29, 0.717) is 28.8 Å². The molecule has 4 nitrogen and oxygen atoms in total. The fourth-order valence-electron chi connectivity index (χ4n) is 3.63. The molecule has 30 heavy (non-hydrogen) atoms. The molecule has 2 N–H and O–H groups in total. The van der Waals surface area contributed by atoms with E-state index in [1.165, 1.54) is 0 Å². The largest absolute Gasteiger partial charge is 0.504 e. The van der Waals surface area contributed by atoms with Crippen LogP contribution in [0.4, 0.5) is 0 Å². The molecule has 0 saturated heterocycles. The van der Waals surface area contributed by atoms with Crippen LogP contribution in [0.2, 0.25) is 10.0 Å². The van der Waals surface area contributed by atoms with E-state index in [2.05, 4.69) is 5.32 Å². The summed E-state index contributed by atoms with van der Waals surface area (Å²) in [6, 6.07) is 20.7. The van der Waals surface area contributed by atoms with E-state index in [4.69, 9.17) is 32.9 Å². The van der Waals surface area contributed by atoms with E-state index in [1.807, 2.05) is 67.6 Å². The predicted molar refractivity (Wildman–Crippen MR) is 122 cm³/mol. The van der Waals surface area contributed by atoms with Crippen LogP contribution in [-0.4, -0.2) is 17.4 Å². The van der Waals surface area contributed by atoms with E-state index in [-0.39, 0.29) is 18.0 Å². The molecule has 6 heteroatoms. The molecule has 0 aromatic heterocycles. The number of halogens is 2. The van der Waals surface area contributed by atoms with Gasteiger partial charge in [-0.05, 0) is 48.4 Å². The van der Waals surface area contributed by atoms with Gasteiger partial charge in [0.15, 0.2) is 11.5 Å². The van der Waals surface area contributed by atoms with Crippen LogP contribution in [0.1, 0.15) is 42.2 Å². The lowest BCUT2D eigenvalue weighted by atomic mass is 9.93. The molecule has 3 aromatic rings. The number of phenols is 1. The summed E-state index contributed by atoms with van der Waals surface area (Å²) in [4.78, 5) is 4.95. The first-order chi connectivity index (χ1) is 14.5. The van der Waals surface area contributed by atoms with Gasteiger partial charge in [0.05, 0.1) is 6.61 Å². The molecule has 1 aliphatic rings. The summed E-state index contributed by atoms with van der Waals surface area (Å²) in [5.74, 6) is 0.638. The van der Waals surface area contributed by atoms with Crippen LogP contribution in [0.25, 0.3) is 0 Å². The first kappa shape index (κ1) is 20.7. The summed E-state index contributed by atoms with van der Waals surface area (Å²) in [6.07, 6.45) is 0.344.